The molecule has 4 N–H and O–H groups in total. The Labute approximate surface area is 110 Å². The Bertz CT molecular complexity index is 182. The highest BCUT2D eigenvalue weighted by atomic mass is 35.5. The Kier molecular flexibility index (Phi) is 15.2. The first kappa shape index (κ1) is 21.3. The zero-order chi connectivity index (χ0) is 11.1. The first-order valence-corrected chi connectivity index (χ1v) is 5.26. The van der Waals surface area contributed by atoms with E-state index in [-0.39, 0.29) is 36.8 Å². The third-order valence-electron chi connectivity index (χ3n) is 2.26. The summed E-state index contributed by atoms with van der Waals surface area (Å²) in [5, 5.41) is 12.2. The molecular weight excluding hydrogens is 251 g/mol. The molecule has 0 saturated heterocycles. The first-order chi connectivity index (χ1) is 6.52. The predicted molar refractivity (Wildman–Crippen MR) is 71.3 cm³/mol. The Morgan fingerprint density at radius 2 is 1.88 bits per heavy atom. The van der Waals surface area contributed by atoms with Crippen LogP contribution < -0.4 is 11.1 Å². The van der Waals surface area contributed by atoms with E-state index in [4.69, 9.17) is 5.73 Å². The number of carbonyl (C=O) groups excluding carboxylic acids is 1. The van der Waals surface area contributed by atoms with Crippen LogP contribution in [0.5, 0.6) is 0 Å². The molecule has 100 valence electrons. The fraction of sp³-hybridized carbons (Fsp3) is 0.900. The highest BCUT2D eigenvalue weighted by Crippen LogP contribution is 1.99. The second kappa shape index (κ2) is 11.5. The van der Waals surface area contributed by atoms with Gasteiger partial charge in [0, 0.05) is 12.1 Å². The molecule has 0 aromatic rings. The molecule has 1 unspecified atom stereocenters. The molecule has 3 atom stereocenters. The SMILES string of the molecule is CCCC(C)NC(=O)[C@@H](O)[C@@H](N)CC.Cl.Cl. The van der Waals surface area contributed by atoms with Crippen LogP contribution >= 0.6 is 24.8 Å². The normalized spacial score (nSPS) is 15.1. The number of amides is 1. The van der Waals surface area contributed by atoms with Gasteiger partial charge in [-0.2, -0.15) is 0 Å². The number of nitrogens with two attached hydrogens (primary N) is 1. The van der Waals surface area contributed by atoms with E-state index in [9.17, 15) is 9.90 Å². The standard InChI is InChI=1S/C10H22N2O2.2ClH/c1-4-6-7(3)12-10(14)9(13)8(11)5-2;;/h7-9,13H,4-6,11H2,1-3H3,(H,12,14);2*1H/t7?,8-,9-;;/m0../s1. The summed E-state index contributed by atoms with van der Waals surface area (Å²) in [6.45, 7) is 5.82. The van der Waals surface area contributed by atoms with Gasteiger partial charge in [-0.05, 0) is 19.8 Å². The molecule has 0 aliphatic rings. The maximum absolute atomic E-state index is 11.4. The van der Waals surface area contributed by atoms with Crippen LogP contribution in [-0.4, -0.2) is 29.2 Å². The van der Waals surface area contributed by atoms with Crippen LogP contribution in [0.1, 0.15) is 40.0 Å². The molecule has 1 amide bonds. The summed E-state index contributed by atoms with van der Waals surface area (Å²) >= 11 is 0. The van der Waals surface area contributed by atoms with E-state index in [0.29, 0.717) is 6.42 Å². The predicted octanol–water partition coefficient (Wildman–Crippen LogP) is 1.23. The summed E-state index contributed by atoms with van der Waals surface area (Å²) in [5.41, 5.74) is 5.56. The van der Waals surface area contributed by atoms with Crippen LogP contribution in [0.25, 0.3) is 0 Å². The molecule has 16 heavy (non-hydrogen) atoms. The average Bonchev–Trinajstić information content (AvgIpc) is 2.15. The number of aliphatic hydroxyl groups excluding tert-OH is 1. The van der Waals surface area contributed by atoms with Crippen LogP contribution in [0.2, 0.25) is 0 Å². The van der Waals surface area contributed by atoms with E-state index in [1.807, 2.05) is 13.8 Å². The maximum Gasteiger partial charge on any atom is 0.250 e. The van der Waals surface area contributed by atoms with Crippen molar-refractivity contribution >= 4 is 30.7 Å². The smallest absolute Gasteiger partial charge is 0.250 e. The van der Waals surface area contributed by atoms with Gasteiger partial charge in [0.1, 0.15) is 6.10 Å². The lowest BCUT2D eigenvalue weighted by Crippen LogP contribution is -2.48. The Hall–Kier alpha value is -0.0300. The van der Waals surface area contributed by atoms with E-state index < -0.39 is 12.1 Å². The molecule has 0 heterocycles. The van der Waals surface area contributed by atoms with Gasteiger partial charge in [0.05, 0.1) is 0 Å². The fourth-order valence-electron chi connectivity index (χ4n) is 1.25. The molecule has 0 radical (unpaired) electrons. The molecule has 0 aliphatic carbocycles. The summed E-state index contributed by atoms with van der Waals surface area (Å²) in [6, 6.07) is -0.366. The van der Waals surface area contributed by atoms with Crippen molar-refractivity contribution in [1.29, 1.82) is 0 Å². The molecule has 0 aliphatic heterocycles. The van der Waals surface area contributed by atoms with E-state index in [1.54, 1.807) is 0 Å². The van der Waals surface area contributed by atoms with E-state index in [2.05, 4.69) is 12.2 Å². The quantitative estimate of drug-likeness (QED) is 0.682. The molecular formula is C10H24Cl2N2O2. The number of aliphatic hydroxyl groups is 1. The molecule has 0 saturated carbocycles. The first-order valence-electron chi connectivity index (χ1n) is 5.26. The van der Waals surface area contributed by atoms with Crippen molar-refractivity contribution in [2.75, 3.05) is 0 Å². The number of halogens is 2. The van der Waals surface area contributed by atoms with E-state index in [0.717, 1.165) is 12.8 Å². The molecule has 4 nitrogen and oxygen atoms in total. The number of hydrogen-bond acceptors (Lipinski definition) is 3. The van der Waals surface area contributed by atoms with Crippen molar-refractivity contribution < 1.29 is 9.90 Å². The zero-order valence-corrected chi connectivity index (χ0v) is 11.7. The van der Waals surface area contributed by atoms with Crippen molar-refractivity contribution in [3.05, 3.63) is 0 Å². The maximum atomic E-state index is 11.4. The topological polar surface area (TPSA) is 75.3 Å². The average molecular weight is 275 g/mol. The minimum absolute atomic E-state index is 0. The van der Waals surface area contributed by atoms with Gasteiger partial charge in [-0.3, -0.25) is 4.79 Å². The molecule has 0 aromatic carbocycles. The largest absolute Gasteiger partial charge is 0.382 e. The van der Waals surface area contributed by atoms with Crippen molar-refractivity contribution in [1.82, 2.24) is 5.32 Å². The summed E-state index contributed by atoms with van der Waals surface area (Å²) in [7, 11) is 0. The van der Waals surface area contributed by atoms with Gasteiger partial charge < -0.3 is 16.2 Å². The number of hydrogen-bond donors (Lipinski definition) is 3. The third-order valence-corrected chi connectivity index (χ3v) is 2.26. The van der Waals surface area contributed by atoms with Crippen LogP contribution in [0, 0.1) is 0 Å². The molecule has 0 rings (SSSR count). The summed E-state index contributed by atoms with van der Waals surface area (Å²) in [4.78, 5) is 11.4. The van der Waals surface area contributed by atoms with Crippen molar-refractivity contribution in [2.24, 2.45) is 5.73 Å². The van der Waals surface area contributed by atoms with Crippen molar-refractivity contribution in [2.45, 2.75) is 58.2 Å². The highest BCUT2D eigenvalue weighted by Gasteiger charge is 2.22. The molecule has 0 fully saturated rings. The summed E-state index contributed by atoms with van der Waals surface area (Å²) in [5.74, 6) is -0.361. The lowest BCUT2D eigenvalue weighted by Gasteiger charge is -2.19. The zero-order valence-electron chi connectivity index (χ0n) is 10.1. The summed E-state index contributed by atoms with van der Waals surface area (Å²) < 4.78 is 0. The number of nitrogens with one attached hydrogen (secondary N) is 1. The van der Waals surface area contributed by atoms with E-state index >= 15 is 0 Å². The van der Waals surface area contributed by atoms with Gasteiger partial charge in [-0.1, -0.05) is 20.3 Å². The highest BCUT2D eigenvalue weighted by molar-refractivity contribution is 5.85. The Morgan fingerprint density at radius 1 is 1.38 bits per heavy atom. The van der Waals surface area contributed by atoms with Crippen LogP contribution in [-0.2, 0) is 4.79 Å². The van der Waals surface area contributed by atoms with Gasteiger partial charge in [0.15, 0.2) is 0 Å². The van der Waals surface area contributed by atoms with Crippen molar-refractivity contribution in [3.8, 4) is 0 Å². The minimum Gasteiger partial charge on any atom is -0.382 e. The Balaban J connectivity index is -0.000000845. The Morgan fingerprint density at radius 3 is 2.25 bits per heavy atom. The second-order valence-electron chi connectivity index (χ2n) is 3.72. The lowest BCUT2D eigenvalue weighted by molar-refractivity contribution is -0.131. The molecule has 0 spiro atoms. The molecule has 6 heteroatoms. The minimum atomic E-state index is -1.08. The van der Waals surface area contributed by atoms with E-state index in [1.165, 1.54) is 0 Å². The van der Waals surface area contributed by atoms with Crippen molar-refractivity contribution in [3.63, 3.8) is 0 Å². The van der Waals surface area contributed by atoms with Gasteiger partial charge >= 0.3 is 0 Å². The summed E-state index contributed by atoms with van der Waals surface area (Å²) in [6.07, 6.45) is 1.44. The van der Waals surface area contributed by atoms with Crippen LogP contribution in [0.4, 0.5) is 0 Å². The van der Waals surface area contributed by atoms with Crippen LogP contribution in [0.15, 0.2) is 0 Å². The molecule has 0 bridgehead atoms. The molecule has 0 aromatic heterocycles. The third kappa shape index (κ3) is 8.16. The van der Waals surface area contributed by atoms with Gasteiger partial charge in [-0.15, -0.1) is 24.8 Å². The monoisotopic (exact) mass is 274 g/mol. The number of carbonyl (C=O) groups is 1. The second-order valence-corrected chi connectivity index (χ2v) is 3.72. The van der Waals surface area contributed by atoms with Crippen LogP contribution in [0.3, 0.4) is 0 Å². The van der Waals surface area contributed by atoms with Gasteiger partial charge in [-0.25, -0.2) is 0 Å². The number of rotatable bonds is 6. The van der Waals surface area contributed by atoms with Gasteiger partial charge in [0.25, 0.3) is 5.91 Å². The fourth-order valence-corrected chi connectivity index (χ4v) is 1.25. The lowest BCUT2D eigenvalue weighted by atomic mass is 10.1. The van der Waals surface area contributed by atoms with Gasteiger partial charge in [0.2, 0.25) is 0 Å².